The minimum atomic E-state index is 0.00703. The topological polar surface area (TPSA) is 38.3 Å². The smallest absolute Gasteiger partial charge is 0.308 e. The zero-order valence-corrected chi connectivity index (χ0v) is 10.7. The van der Waals surface area contributed by atoms with Crippen molar-refractivity contribution < 1.29 is 9.53 Å². The van der Waals surface area contributed by atoms with Crippen LogP contribution in [0.3, 0.4) is 0 Å². The Balaban J connectivity index is 1.72. The maximum absolute atomic E-state index is 11.6. The first-order chi connectivity index (χ1) is 7.79. The van der Waals surface area contributed by atoms with E-state index in [-0.39, 0.29) is 11.9 Å². The van der Waals surface area contributed by atoms with E-state index in [1.54, 1.807) is 0 Å². The second-order valence-electron chi connectivity index (χ2n) is 4.69. The quantitative estimate of drug-likeness (QED) is 0.764. The lowest BCUT2D eigenvalue weighted by molar-refractivity contribution is -0.147. The molecule has 1 N–H and O–H groups in total. The number of esters is 1. The molecular weight excluding hydrogens is 222 g/mol. The molecule has 1 heterocycles. The van der Waals surface area contributed by atoms with Gasteiger partial charge in [-0.2, -0.15) is 11.8 Å². The fourth-order valence-electron chi connectivity index (χ4n) is 2.61. The van der Waals surface area contributed by atoms with Gasteiger partial charge < -0.3 is 10.1 Å². The average molecular weight is 243 g/mol. The number of thioether (sulfide) groups is 1. The number of carbonyl (C=O) groups is 1. The number of ether oxygens (including phenoxy) is 1. The standard InChI is InChI=1S/C12H21NO2S/c1-2-15-12(14)9-3-4-10(7-9)13-11-5-6-16-8-11/h9-11,13H,2-8H2,1H3. The van der Waals surface area contributed by atoms with Crippen molar-refractivity contribution in [2.75, 3.05) is 18.1 Å². The minimum Gasteiger partial charge on any atom is -0.466 e. The molecule has 1 aliphatic heterocycles. The van der Waals surface area contributed by atoms with Gasteiger partial charge in [0.15, 0.2) is 0 Å². The number of nitrogens with one attached hydrogen (secondary N) is 1. The van der Waals surface area contributed by atoms with Gasteiger partial charge in [0.1, 0.15) is 0 Å². The molecule has 92 valence electrons. The highest BCUT2D eigenvalue weighted by atomic mass is 32.2. The van der Waals surface area contributed by atoms with Crippen LogP contribution in [0.2, 0.25) is 0 Å². The Morgan fingerprint density at radius 3 is 2.94 bits per heavy atom. The molecule has 0 aromatic heterocycles. The molecule has 2 rings (SSSR count). The molecule has 1 saturated heterocycles. The van der Waals surface area contributed by atoms with E-state index in [1.807, 2.05) is 18.7 Å². The molecule has 1 aliphatic carbocycles. The Morgan fingerprint density at radius 2 is 2.25 bits per heavy atom. The Morgan fingerprint density at radius 1 is 1.38 bits per heavy atom. The fraction of sp³-hybridized carbons (Fsp3) is 0.917. The largest absolute Gasteiger partial charge is 0.466 e. The van der Waals surface area contributed by atoms with Gasteiger partial charge >= 0.3 is 5.97 Å². The minimum absolute atomic E-state index is 0.00703. The van der Waals surface area contributed by atoms with Crippen molar-refractivity contribution in [2.24, 2.45) is 5.92 Å². The molecule has 0 amide bonds. The molecule has 16 heavy (non-hydrogen) atoms. The molecule has 0 bridgehead atoms. The molecule has 3 unspecified atom stereocenters. The highest BCUT2D eigenvalue weighted by Gasteiger charge is 2.32. The predicted octanol–water partition coefficient (Wildman–Crippen LogP) is 1.81. The van der Waals surface area contributed by atoms with Crippen LogP contribution in [0.4, 0.5) is 0 Å². The Hall–Kier alpha value is -0.220. The van der Waals surface area contributed by atoms with Crippen molar-refractivity contribution in [1.29, 1.82) is 0 Å². The Labute approximate surface area is 102 Å². The number of carbonyl (C=O) groups excluding carboxylic acids is 1. The van der Waals surface area contributed by atoms with Gasteiger partial charge in [0, 0.05) is 17.8 Å². The molecule has 0 aromatic carbocycles. The maximum Gasteiger partial charge on any atom is 0.308 e. The normalized spacial score (nSPS) is 34.2. The van der Waals surface area contributed by atoms with Crippen molar-refractivity contribution >= 4 is 17.7 Å². The summed E-state index contributed by atoms with van der Waals surface area (Å²) < 4.78 is 5.07. The van der Waals surface area contributed by atoms with Crippen molar-refractivity contribution in [2.45, 2.75) is 44.7 Å². The van der Waals surface area contributed by atoms with Crippen LogP contribution in [0.5, 0.6) is 0 Å². The number of rotatable bonds is 4. The number of hydrogen-bond donors (Lipinski definition) is 1. The summed E-state index contributed by atoms with van der Waals surface area (Å²) in [7, 11) is 0. The van der Waals surface area contributed by atoms with Crippen LogP contribution in [0.15, 0.2) is 0 Å². The first kappa shape index (κ1) is 12.2. The molecule has 0 spiro atoms. The number of hydrogen-bond acceptors (Lipinski definition) is 4. The van der Waals surface area contributed by atoms with Gasteiger partial charge in [-0.05, 0) is 38.4 Å². The summed E-state index contributed by atoms with van der Waals surface area (Å²) in [4.78, 5) is 11.6. The first-order valence-electron chi connectivity index (χ1n) is 6.30. The summed E-state index contributed by atoms with van der Waals surface area (Å²) in [6, 6.07) is 1.22. The fourth-order valence-corrected chi connectivity index (χ4v) is 3.77. The molecule has 2 aliphatic rings. The lowest BCUT2D eigenvalue weighted by Gasteiger charge is -2.17. The summed E-state index contributed by atoms with van der Waals surface area (Å²) in [5.74, 6) is 2.67. The SMILES string of the molecule is CCOC(=O)C1CCC(NC2CCSC2)C1. The lowest BCUT2D eigenvalue weighted by atomic mass is 10.1. The average Bonchev–Trinajstić information content (AvgIpc) is 2.90. The highest BCUT2D eigenvalue weighted by Crippen LogP contribution is 2.28. The summed E-state index contributed by atoms with van der Waals surface area (Å²) >= 11 is 2.03. The maximum atomic E-state index is 11.6. The second-order valence-corrected chi connectivity index (χ2v) is 5.84. The molecule has 3 nitrogen and oxygen atoms in total. The summed E-state index contributed by atoms with van der Waals surface area (Å²) in [5.41, 5.74) is 0. The van der Waals surface area contributed by atoms with Crippen LogP contribution in [0.25, 0.3) is 0 Å². The Bertz CT molecular complexity index is 241. The van der Waals surface area contributed by atoms with Gasteiger partial charge in [-0.25, -0.2) is 0 Å². The van der Waals surface area contributed by atoms with E-state index >= 15 is 0 Å². The van der Waals surface area contributed by atoms with E-state index in [1.165, 1.54) is 17.9 Å². The van der Waals surface area contributed by atoms with Crippen molar-refractivity contribution in [1.82, 2.24) is 5.32 Å². The third-order valence-corrected chi connectivity index (χ3v) is 4.62. The van der Waals surface area contributed by atoms with E-state index in [2.05, 4.69) is 5.32 Å². The molecule has 3 atom stereocenters. The van der Waals surface area contributed by atoms with Crippen LogP contribution in [-0.4, -0.2) is 36.2 Å². The van der Waals surface area contributed by atoms with Gasteiger partial charge in [0.25, 0.3) is 0 Å². The molecule has 0 radical (unpaired) electrons. The van der Waals surface area contributed by atoms with Crippen LogP contribution in [0, 0.1) is 5.92 Å². The third kappa shape index (κ3) is 3.14. The van der Waals surface area contributed by atoms with E-state index in [0.29, 0.717) is 18.7 Å². The van der Waals surface area contributed by atoms with E-state index in [4.69, 9.17) is 4.74 Å². The summed E-state index contributed by atoms with van der Waals surface area (Å²) in [6.45, 7) is 2.38. The summed E-state index contributed by atoms with van der Waals surface area (Å²) in [6.07, 6.45) is 4.38. The van der Waals surface area contributed by atoms with Crippen LogP contribution in [-0.2, 0) is 9.53 Å². The van der Waals surface area contributed by atoms with Gasteiger partial charge in [0.05, 0.1) is 12.5 Å². The zero-order valence-electron chi connectivity index (χ0n) is 9.91. The molecule has 2 fully saturated rings. The lowest BCUT2D eigenvalue weighted by Crippen LogP contribution is -2.37. The molecular formula is C12H21NO2S. The van der Waals surface area contributed by atoms with Crippen molar-refractivity contribution in [3.8, 4) is 0 Å². The summed E-state index contributed by atoms with van der Waals surface area (Å²) in [5, 5.41) is 3.68. The van der Waals surface area contributed by atoms with Crippen LogP contribution >= 0.6 is 11.8 Å². The predicted molar refractivity (Wildman–Crippen MR) is 66.6 cm³/mol. The van der Waals surface area contributed by atoms with E-state index in [9.17, 15) is 4.79 Å². The van der Waals surface area contributed by atoms with Gasteiger partial charge in [-0.3, -0.25) is 4.79 Å². The zero-order chi connectivity index (χ0) is 11.4. The highest BCUT2D eigenvalue weighted by molar-refractivity contribution is 7.99. The van der Waals surface area contributed by atoms with Gasteiger partial charge in [0.2, 0.25) is 0 Å². The Kier molecular flexibility index (Phi) is 4.53. The van der Waals surface area contributed by atoms with Crippen molar-refractivity contribution in [3.63, 3.8) is 0 Å². The van der Waals surface area contributed by atoms with Crippen LogP contribution in [0.1, 0.15) is 32.6 Å². The molecule has 0 aromatic rings. The second kappa shape index (κ2) is 5.92. The third-order valence-electron chi connectivity index (χ3n) is 3.45. The van der Waals surface area contributed by atoms with Gasteiger partial charge in [-0.1, -0.05) is 0 Å². The van der Waals surface area contributed by atoms with E-state index < -0.39 is 0 Å². The van der Waals surface area contributed by atoms with Crippen LogP contribution < -0.4 is 5.32 Å². The monoisotopic (exact) mass is 243 g/mol. The molecule has 1 saturated carbocycles. The van der Waals surface area contributed by atoms with E-state index in [0.717, 1.165) is 19.3 Å². The first-order valence-corrected chi connectivity index (χ1v) is 7.45. The molecule has 4 heteroatoms. The van der Waals surface area contributed by atoms with Crippen molar-refractivity contribution in [3.05, 3.63) is 0 Å². The van der Waals surface area contributed by atoms with Gasteiger partial charge in [-0.15, -0.1) is 0 Å².